The SMILES string of the molecule is C=C(N)N1c2ccccc2CC(O)c2ccccc21. The number of benzene rings is 2. The molecule has 1 atom stereocenters. The van der Waals surface area contributed by atoms with Crippen LogP contribution in [0.4, 0.5) is 11.4 Å². The third-order valence-electron chi connectivity index (χ3n) is 3.47. The lowest BCUT2D eigenvalue weighted by molar-refractivity contribution is 0.180. The van der Waals surface area contributed by atoms with Gasteiger partial charge in [-0.15, -0.1) is 0 Å². The maximum atomic E-state index is 10.4. The Morgan fingerprint density at radius 2 is 1.74 bits per heavy atom. The molecule has 2 aromatic rings. The Kier molecular flexibility index (Phi) is 2.76. The molecule has 0 bridgehead atoms. The first kappa shape index (κ1) is 11.8. The van der Waals surface area contributed by atoms with Crippen LogP contribution in [0.1, 0.15) is 17.2 Å². The van der Waals surface area contributed by atoms with E-state index in [1.807, 2.05) is 53.4 Å². The van der Waals surface area contributed by atoms with Gasteiger partial charge in [0.05, 0.1) is 17.5 Å². The normalized spacial score (nSPS) is 17.3. The van der Waals surface area contributed by atoms with E-state index in [1.165, 1.54) is 0 Å². The zero-order valence-corrected chi connectivity index (χ0v) is 10.6. The van der Waals surface area contributed by atoms with E-state index in [1.54, 1.807) is 0 Å². The van der Waals surface area contributed by atoms with Gasteiger partial charge in [-0.3, -0.25) is 4.90 Å². The Hall–Kier alpha value is -2.26. The summed E-state index contributed by atoms with van der Waals surface area (Å²) < 4.78 is 0. The summed E-state index contributed by atoms with van der Waals surface area (Å²) in [5.41, 5.74) is 9.79. The zero-order valence-electron chi connectivity index (χ0n) is 10.6. The minimum atomic E-state index is -0.526. The fourth-order valence-electron chi connectivity index (χ4n) is 2.63. The average Bonchev–Trinajstić information content (AvgIpc) is 2.53. The topological polar surface area (TPSA) is 49.5 Å². The van der Waals surface area contributed by atoms with Crippen LogP contribution in [0.25, 0.3) is 0 Å². The van der Waals surface area contributed by atoms with Crippen LogP contribution < -0.4 is 10.6 Å². The van der Waals surface area contributed by atoms with Crippen molar-refractivity contribution in [2.45, 2.75) is 12.5 Å². The zero-order chi connectivity index (χ0) is 13.4. The highest BCUT2D eigenvalue weighted by Crippen LogP contribution is 2.40. The minimum absolute atomic E-state index is 0.453. The number of nitrogens with zero attached hydrogens (tertiary/aromatic N) is 1. The van der Waals surface area contributed by atoms with Crippen LogP contribution in [-0.2, 0) is 6.42 Å². The predicted molar refractivity (Wildman–Crippen MR) is 77.0 cm³/mol. The molecule has 2 aromatic carbocycles. The Morgan fingerprint density at radius 1 is 1.11 bits per heavy atom. The lowest BCUT2D eigenvalue weighted by atomic mass is 10.0. The van der Waals surface area contributed by atoms with Crippen molar-refractivity contribution in [2.24, 2.45) is 5.73 Å². The minimum Gasteiger partial charge on any atom is -0.388 e. The predicted octanol–water partition coefficient (Wildman–Crippen LogP) is 2.84. The molecule has 19 heavy (non-hydrogen) atoms. The second kappa shape index (κ2) is 4.44. The van der Waals surface area contributed by atoms with Gasteiger partial charge in [0.15, 0.2) is 0 Å². The van der Waals surface area contributed by atoms with E-state index in [9.17, 15) is 5.11 Å². The Balaban J connectivity index is 2.28. The van der Waals surface area contributed by atoms with Crippen molar-refractivity contribution >= 4 is 11.4 Å². The number of rotatable bonds is 1. The summed E-state index contributed by atoms with van der Waals surface area (Å²) in [7, 11) is 0. The van der Waals surface area contributed by atoms with E-state index in [0.717, 1.165) is 22.5 Å². The van der Waals surface area contributed by atoms with E-state index in [4.69, 9.17) is 5.73 Å². The van der Waals surface area contributed by atoms with Crippen LogP contribution in [0.3, 0.4) is 0 Å². The van der Waals surface area contributed by atoms with Crippen molar-refractivity contribution in [1.29, 1.82) is 0 Å². The van der Waals surface area contributed by atoms with Crippen molar-refractivity contribution in [3.63, 3.8) is 0 Å². The molecule has 0 spiro atoms. The van der Waals surface area contributed by atoms with E-state index in [0.29, 0.717) is 12.2 Å². The number of nitrogens with two attached hydrogens (primary N) is 1. The number of aliphatic hydroxyl groups excluding tert-OH is 1. The average molecular weight is 252 g/mol. The van der Waals surface area contributed by atoms with E-state index in [-0.39, 0.29) is 0 Å². The summed E-state index contributed by atoms with van der Waals surface area (Å²) in [5.74, 6) is 0.453. The second-order valence-electron chi connectivity index (χ2n) is 4.73. The maximum absolute atomic E-state index is 10.4. The standard InChI is InChI=1S/C16H16N2O/c1-11(17)18-14-8-4-2-6-12(14)10-16(19)13-7-3-5-9-15(13)18/h2-9,16,19H,1,10,17H2. The van der Waals surface area contributed by atoms with Gasteiger partial charge in [-0.2, -0.15) is 0 Å². The van der Waals surface area contributed by atoms with Gasteiger partial charge in [-0.1, -0.05) is 43.0 Å². The third kappa shape index (κ3) is 1.88. The van der Waals surface area contributed by atoms with Crippen LogP contribution >= 0.6 is 0 Å². The molecule has 3 nitrogen and oxygen atoms in total. The highest BCUT2D eigenvalue weighted by atomic mass is 16.3. The summed E-state index contributed by atoms with van der Waals surface area (Å²) in [5, 5.41) is 10.4. The fourth-order valence-corrected chi connectivity index (χ4v) is 2.63. The summed E-state index contributed by atoms with van der Waals surface area (Å²) in [6, 6.07) is 15.7. The summed E-state index contributed by atoms with van der Waals surface area (Å²) in [6.45, 7) is 3.87. The van der Waals surface area contributed by atoms with Gasteiger partial charge in [-0.25, -0.2) is 0 Å². The smallest absolute Gasteiger partial charge is 0.100 e. The molecule has 0 fully saturated rings. The van der Waals surface area contributed by atoms with Crippen LogP contribution in [-0.4, -0.2) is 5.11 Å². The molecule has 0 aliphatic carbocycles. The molecule has 3 N–H and O–H groups in total. The Bertz CT molecular complexity index is 636. The molecule has 0 saturated carbocycles. The highest BCUT2D eigenvalue weighted by molar-refractivity contribution is 5.74. The number of aliphatic hydroxyl groups is 1. The largest absolute Gasteiger partial charge is 0.388 e. The van der Waals surface area contributed by atoms with Gasteiger partial charge in [0.1, 0.15) is 5.82 Å². The first-order chi connectivity index (χ1) is 9.18. The van der Waals surface area contributed by atoms with E-state index < -0.39 is 6.10 Å². The van der Waals surface area contributed by atoms with E-state index in [2.05, 4.69) is 6.58 Å². The van der Waals surface area contributed by atoms with Crippen molar-refractivity contribution in [3.8, 4) is 0 Å². The first-order valence-corrected chi connectivity index (χ1v) is 6.28. The highest BCUT2D eigenvalue weighted by Gasteiger charge is 2.25. The van der Waals surface area contributed by atoms with Crippen molar-refractivity contribution in [1.82, 2.24) is 0 Å². The maximum Gasteiger partial charge on any atom is 0.100 e. The molecule has 0 amide bonds. The fraction of sp³-hybridized carbons (Fsp3) is 0.125. The number of para-hydroxylation sites is 2. The number of anilines is 2. The first-order valence-electron chi connectivity index (χ1n) is 6.28. The summed E-state index contributed by atoms with van der Waals surface area (Å²) in [6.07, 6.45) is 0.0541. The van der Waals surface area contributed by atoms with Crippen molar-refractivity contribution < 1.29 is 5.11 Å². The summed E-state index contributed by atoms with van der Waals surface area (Å²) >= 11 is 0. The Morgan fingerprint density at radius 3 is 2.47 bits per heavy atom. The molecule has 3 heteroatoms. The van der Waals surface area contributed by atoms with Crippen LogP contribution in [0.5, 0.6) is 0 Å². The van der Waals surface area contributed by atoms with Crippen molar-refractivity contribution in [2.75, 3.05) is 4.90 Å². The molecule has 3 rings (SSSR count). The molecular formula is C16H16N2O. The van der Waals surface area contributed by atoms with E-state index >= 15 is 0 Å². The van der Waals surface area contributed by atoms with Gasteiger partial charge in [0.2, 0.25) is 0 Å². The number of fused-ring (bicyclic) bond motifs is 2. The molecule has 1 aliphatic heterocycles. The summed E-state index contributed by atoms with van der Waals surface area (Å²) in [4.78, 5) is 1.90. The molecule has 0 saturated heterocycles. The van der Waals surface area contributed by atoms with Crippen LogP contribution in [0.15, 0.2) is 60.9 Å². The number of hydrogen-bond acceptors (Lipinski definition) is 3. The van der Waals surface area contributed by atoms with Gasteiger partial charge >= 0.3 is 0 Å². The molecule has 1 heterocycles. The molecular weight excluding hydrogens is 236 g/mol. The second-order valence-corrected chi connectivity index (χ2v) is 4.73. The van der Waals surface area contributed by atoms with Gasteiger partial charge in [0.25, 0.3) is 0 Å². The lowest BCUT2D eigenvalue weighted by Crippen LogP contribution is -2.22. The number of hydrogen-bond donors (Lipinski definition) is 2. The van der Waals surface area contributed by atoms with Crippen LogP contribution in [0.2, 0.25) is 0 Å². The van der Waals surface area contributed by atoms with Gasteiger partial charge in [-0.05, 0) is 17.7 Å². The molecule has 1 aliphatic rings. The molecule has 0 aromatic heterocycles. The van der Waals surface area contributed by atoms with Gasteiger partial charge < -0.3 is 10.8 Å². The van der Waals surface area contributed by atoms with Crippen LogP contribution in [0, 0.1) is 0 Å². The van der Waals surface area contributed by atoms with Gasteiger partial charge in [0, 0.05) is 12.0 Å². The quantitative estimate of drug-likeness (QED) is 0.820. The third-order valence-corrected chi connectivity index (χ3v) is 3.47. The monoisotopic (exact) mass is 252 g/mol. The molecule has 96 valence electrons. The Labute approximate surface area is 112 Å². The lowest BCUT2D eigenvalue weighted by Gasteiger charge is -2.26. The molecule has 0 radical (unpaired) electrons. The molecule has 1 unspecified atom stereocenters. The van der Waals surface area contributed by atoms with Crippen molar-refractivity contribution in [3.05, 3.63) is 72.1 Å².